The van der Waals surface area contributed by atoms with Crippen LogP contribution in [0.1, 0.15) is 63.9 Å². The summed E-state index contributed by atoms with van der Waals surface area (Å²) in [6.07, 6.45) is 9.29. The van der Waals surface area contributed by atoms with E-state index in [4.69, 9.17) is 0 Å². The van der Waals surface area contributed by atoms with Crippen LogP contribution in [0.15, 0.2) is 30.5 Å². The number of nitrogens with zero attached hydrogens (tertiary/aromatic N) is 3. The van der Waals surface area contributed by atoms with Gasteiger partial charge in [0.25, 0.3) is 0 Å². The highest BCUT2D eigenvalue weighted by atomic mass is 15.3. The smallest absolute Gasteiger partial charge is 0.244 e. The lowest BCUT2D eigenvalue weighted by atomic mass is 10.0. The molecule has 0 radical (unpaired) electrons. The van der Waals surface area contributed by atoms with E-state index in [1.165, 1.54) is 44.1 Å². The van der Waals surface area contributed by atoms with E-state index < -0.39 is 0 Å². The molecule has 0 unspecified atom stereocenters. The van der Waals surface area contributed by atoms with Crippen molar-refractivity contribution in [2.45, 2.75) is 64.3 Å². The summed E-state index contributed by atoms with van der Waals surface area (Å²) in [6, 6.07) is 8.92. The van der Waals surface area contributed by atoms with Gasteiger partial charge in [0.2, 0.25) is 5.95 Å². The summed E-state index contributed by atoms with van der Waals surface area (Å²) >= 11 is 0. The van der Waals surface area contributed by atoms with Crippen molar-refractivity contribution in [2.24, 2.45) is 0 Å². The van der Waals surface area contributed by atoms with Crippen LogP contribution >= 0.6 is 0 Å². The van der Waals surface area contributed by atoms with Crippen molar-refractivity contribution in [3.8, 4) is 0 Å². The van der Waals surface area contributed by atoms with Crippen LogP contribution in [0.25, 0.3) is 0 Å². The van der Waals surface area contributed by atoms with Gasteiger partial charge in [0.15, 0.2) is 5.82 Å². The fourth-order valence-corrected chi connectivity index (χ4v) is 3.13. The van der Waals surface area contributed by atoms with Crippen molar-refractivity contribution < 1.29 is 0 Å². The van der Waals surface area contributed by atoms with Crippen molar-refractivity contribution >= 4 is 17.5 Å². The number of hydrogen-bond acceptors (Lipinski definition) is 5. The van der Waals surface area contributed by atoms with E-state index in [1.807, 2.05) is 0 Å². The molecule has 3 rings (SSSR count). The van der Waals surface area contributed by atoms with Gasteiger partial charge in [0.05, 0.1) is 6.20 Å². The molecule has 1 aromatic carbocycles. The van der Waals surface area contributed by atoms with Crippen LogP contribution in [0.4, 0.5) is 17.5 Å². The van der Waals surface area contributed by atoms with Crippen LogP contribution in [-0.2, 0) is 0 Å². The summed E-state index contributed by atoms with van der Waals surface area (Å²) in [4.78, 5) is 4.55. The van der Waals surface area contributed by atoms with Crippen molar-refractivity contribution in [3.63, 3.8) is 0 Å². The third kappa shape index (κ3) is 4.66. The van der Waals surface area contributed by atoms with E-state index in [1.54, 1.807) is 6.20 Å². The van der Waals surface area contributed by atoms with Gasteiger partial charge >= 0.3 is 0 Å². The van der Waals surface area contributed by atoms with Gasteiger partial charge in [-0.2, -0.15) is 10.1 Å². The molecule has 24 heavy (non-hydrogen) atoms. The minimum Gasteiger partial charge on any atom is -0.350 e. The van der Waals surface area contributed by atoms with Gasteiger partial charge in [-0.05, 0) is 36.5 Å². The third-order valence-electron chi connectivity index (χ3n) is 4.60. The molecule has 0 saturated heterocycles. The predicted octanol–water partition coefficient (Wildman–Crippen LogP) is 4.87. The minimum atomic E-state index is 0.467. The highest BCUT2D eigenvalue weighted by Gasteiger charge is 2.13. The van der Waals surface area contributed by atoms with E-state index in [0.29, 0.717) is 17.9 Å². The van der Waals surface area contributed by atoms with Crippen LogP contribution in [0.3, 0.4) is 0 Å². The molecular formula is C19H27N5. The molecule has 128 valence electrons. The highest BCUT2D eigenvalue weighted by molar-refractivity contribution is 5.56. The fourth-order valence-electron chi connectivity index (χ4n) is 3.13. The maximum Gasteiger partial charge on any atom is 0.244 e. The zero-order valence-electron chi connectivity index (χ0n) is 14.6. The summed E-state index contributed by atoms with van der Waals surface area (Å²) in [5.74, 6) is 1.87. The van der Waals surface area contributed by atoms with E-state index in [2.05, 4.69) is 63.9 Å². The first-order chi connectivity index (χ1) is 11.7. The van der Waals surface area contributed by atoms with E-state index in [0.717, 1.165) is 11.5 Å². The van der Waals surface area contributed by atoms with Crippen LogP contribution < -0.4 is 10.6 Å². The van der Waals surface area contributed by atoms with Crippen LogP contribution in [-0.4, -0.2) is 21.2 Å². The Morgan fingerprint density at radius 1 is 1.00 bits per heavy atom. The number of benzene rings is 1. The Morgan fingerprint density at radius 3 is 2.38 bits per heavy atom. The number of nitrogens with one attached hydrogen (secondary N) is 2. The standard InChI is InChI=1S/C19H27N5/c1-14(2)15-9-11-17(12-10-15)21-18-13-20-24-19(23-18)22-16-7-5-3-4-6-8-16/h9-14,16H,3-8H2,1-2H3,(H2,21,22,23,24). The average Bonchev–Trinajstić information content (AvgIpc) is 2.84. The van der Waals surface area contributed by atoms with E-state index in [-0.39, 0.29) is 0 Å². The summed E-state index contributed by atoms with van der Waals surface area (Å²) in [7, 11) is 0. The first-order valence-corrected chi connectivity index (χ1v) is 9.04. The molecule has 5 nitrogen and oxygen atoms in total. The molecule has 2 aromatic rings. The van der Waals surface area contributed by atoms with Crippen LogP contribution in [0.2, 0.25) is 0 Å². The normalized spacial score (nSPS) is 16.0. The molecule has 1 heterocycles. The van der Waals surface area contributed by atoms with Gasteiger partial charge in [0.1, 0.15) is 0 Å². The van der Waals surface area contributed by atoms with Gasteiger partial charge in [-0.15, -0.1) is 5.10 Å². The predicted molar refractivity (Wildman–Crippen MR) is 98.8 cm³/mol. The fraction of sp³-hybridized carbons (Fsp3) is 0.526. The molecule has 5 heteroatoms. The lowest BCUT2D eigenvalue weighted by Gasteiger charge is -2.16. The Labute approximate surface area is 144 Å². The monoisotopic (exact) mass is 325 g/mol. The molecule has 1 aliphatic rings. The second-order valence-electron chi connectivity index (χ2n) is 6.90. The Hall–Kier alpha value is -2.17. The zero-order chi connectivity index (χ0) is 16.8. The Bertz CT molecular complexity index is 630. The summed E-state index contributed by atoms with van der Waals surface area (Å²) in [5, 5.41) is 15.0. The summed E-state index contributed by atoms with van der Waals surface area (Å²) in [6.45, 7) is 4.39. The van der Waals surface area contributed by atoms with Crippen molar-refractivity contribution in [3.05, 3.63) is 36.0 Å². The molecule has 0 aliphatic heterocycles. The molecule has 1 saturated carbocycles. The van der Waals surface area contributed by atoms with Gasteiger partial charge in [0, 0.05) is 11.7 Å². The zero-order valence-corrected chi connectivity index (χ0v) is 14.6. The minimum absolute atomic E-state index is 0.467. The topological polar surface area (TPSA) is 62.7 Å². The maximum atomic E-state index is 4.55. The number of rotatable bonds is 5. The lowest BCUT2D eigenvalue weighted by Crippen LogP contribution is -2.20. The molecule has 0 amide bonds. The molecule has 0 bridgehead atoms. The quantitative estimate of drug-likeness (QED) is 0.768. The van der Waals surface area contributed by atoms with Crippen molar-refractivity contribution in [2.75, 3.05) is 10.6 Å². The Kier molecular flexibility index (Phi) is 5.62. The van der Waals surface area contributed by atoms with E-state index in [9.17, 15) is 0 Å². The summed E-state index contributed by atoms with van der Waals surface area (Å²) in [5.41, 5.74) is 2.34. The second kappa shape index (κ2) is 8.08. The Balaban J connectivity index is 1.64. The molecule has 0 spiro atoms. The van der Waals surface area contributed by atoms with Gasteiger partial charge in [-0.3, -0.25) is 0 Å². The first kappa shape index (κ1) is 16.7. The van der Waals surface area contributed by atoms with Gasteiger partial charge in [-0.25, -0.2) is 0 Å². The highest BCUT2D eigenvalue weighted by Crippen LogP contribution is 2.21. The number of hydrogen-bond donors (Lipinski definition) is 2. The molecule has 1 aromatic heterocycles. The van der Waals surface area contributed by atoms with Crippen molar-refractivity contribution in [1.82, 2.24) is 15.2 Å². The first-order valence-electron chi connectivity index (χ1n) is 9.04. The summed E-state index contributed by atoms with van der Waals surface area (Å²) < 4.78 is 0. The molecule has 2 N–H and O–H groups in total. The molecule has 0 atom stereocenters. The van der Waals surface area contributed by atoms with Gasteiger partial charge < -0.3 is 10.6 Å². The molecular weight excluding hydrogens is 298 g/mol. The van der Waals surface area contributed by atoms with Crippen LogP contribution in [0, 0.1) is 0 Å². The molecule has 1 aliphatic carbocycles. The SMILES string of the molecule is CC(C)c1ccc(Nc2cnnc(NC3CCCCCC3)n2)cc1. The van der Waals surface area contributed by atoms with E-state index >= 15 is 0 Å². The molecule has 1 fully saturated rings. The van der Waals surface area contributed by atoms with Gasteiger partial charge in [-0.1, -0.05) is 51.7 Å². The van der Waals surface area contributed by atoms with Crippen molar-refractivity contribution in [1.29, 1.82) is 0 Å². The largest absolute Gasteiger partial charge is 0.350 e. The second-order valence-corrected chi connectivity index (χ2v) is 6.90. The maximum absolute atomic E-state index is 4.55. The van der Waals surface area contributed by atoms with Crippen LogP contribution in [0.5, 0.6) is 0 Å². The Morgan fingerprint density at radius 2 is 1.71 bits per heavy atom. The third-order valence-corrected chi connectivity index (χ3v) is 4.60. The average molecular weight is 325 g/mol. The lowest BCUT2D eigenvalue weighted by molar-refractivity contribution is 0.613. The number of aromatic nitrogens is 3. The number of anilines is 3.